The standard InChI is InChI=1S/C26H19N5/c1-2-7-25-22(5-1)15-17-24(27-25)16-14-20-10-8-19(9-11-20)12-13-21-4-3-6-23(18-21)26-28-30-31-29-26/h1-18H,(H,28,29,30,31). The number of para-hydroxylation sites is 1. The average molecular weight is 401 g/mol. The molecule has 0 aliphatic rings. The number of nitrogens with zero attached hydrogens (tertiary/aromatic N) is 4. The van der Waals surface area contributed by atoms with E-state index in [2.05, 4.69) is 80.2 Å². The Morgan fingerprint density at radius 2 is 1.42 bits per heavy atom. The number of fused-ring (bicyclic) bond motifs is 1. The van der Waals surface area contributed by atoms with Crippen LogP contribution in [0.1, 0.15) is 22.4 Å². The topological polar surface area (TPSA) is 67.3 Å². The summed E-state index contributed by atoms with van der Waals surface area (Å²) < 4.78 is 0. The maximum Gasteiger partial charge on any atom is 0.204 e. The molecule has 0 saturated heterocycles. The van der Waals surface area contributed by atoms with Gasteiger partial charge < -0.3 is 0 Å². The summed E-state index contributed by atoms with van der Waals surface area (Å²) in [6.07, 6.45) is 8.29. The SMILES string of the molecule is C(=Cc1cccc(-c2nn[nH]n2)c1)c1ccc(C=Cc2ccc3ccccc3n2)cc1. The van der Waals surface area contributed by atoms with Crippen LogP contribution in [0.3, 0.4) is 0 Å². The number of H-pyrrole nitrogens is 1. The minimum Gasteiger partial charge on any atom is -0.248 e. The Kier molecular flexibility index (Phi) is 5.14. The number of nitrogens with one attached hydrogen (secondary N) is 1. The minimum absolute atomic E-state index is 0.590. The lowest BCUT2D eigenvalue weighted by Crippen LogP contribution is -1.83. The predicted molar refractivity (Wildman–Crippen MR) is 126 cm³/mol. The molecule has 5 nitrogen and oxygen atoms in total. The van der Waals surface area contributed by atoms with Gasteiger partial charge in [-0.3, -0.25) is 0 Å². The number of rotatable bonds is 5. The van der Waals surface area contributed by atoms with Crippen molar-refractivity contribution in [1.82, 2.24) is 25.6 Å². The zero-order valence-electron chi connectivity index (χ0n) is 16.7. The highest BCUT2D eigenvalue weighted by atomic mass is 15.5. The Balaban J connectivity index is 1.28. The quantitative estimate of drug-likeness (QED) is 0.381. The smallest absolute Gasteiger partial charge is 0.204 e. The molecule has 0 fully saturated rings. The molecule has 0 aliphatic heterocycles. The van der Waals surface area contributed by atoms with Crippen LogP contribution < -0.4 is 0 Å². The molecule has 5 heteroatoms. The Morgan fingerprint density at radius 3 is 2.23 bits per heavy atom. The van der Waals surface area contributed by atoms with E-state index < -0.39 is 0 Å². The lowest BCUT2D eigenvalue weighted by atomic mass is 10.1. The van der Waals surface area contributed by atoms with E-state index >= 15 is 0 Å². The highest BCUT2D eigenvalue weighted by Gasteiger charge is 2.02. The zero-order valence-corrected chi connectivity index (χ0v) is 16.7. The molecule has 2 heterocycles. The summed E-state index contributed by atoms with van der Waals surface area (Å²) in [6.45, 7) is 0. The number of benzene rings is 3. The van der Waals surface area contributed by atoms with Crippen LogP contribution in [0.2, 0.25) is 0 Å². The fraction of sp³-hybridized carbons (Fsp3) is 0. The molecule has 0 amide bonds. The van der Waals surface area contributed by atoms with Gasteiger partial charge in [0.1, 0.15) is 0 Å². The van der Waals surface area contributed by atoms with Gasteiger partial charge in [0.15, 0.2) is 0 Å². The number of pyridine rings is 1. The molecule has 0 aliphatic carbocycles. The summed E-state index contributed by atoms with van der Waals surface area (Å²) in [7, 11) is 0. The Labute approximate surface area is 179 Å². The lowest BCUT2D eigenvalue weighted by Gasteiger charge is -2.00. The van der Waals surface area contributed by atoms with Gasteiger partial charge in [0.25, 0.3) is 0 Å². The molecule has 5 rings (SSSR count). The Hall–Kier alpha value is -4.38. The van der Waals surface area contributed by atoms with E-state index in [1.165, 1.54) is 0 Å². The second kappa shape index (κ2) is 8.55. The summed E-state index contributed by atoms with van der Waals surface area (Å²) >= 11 is 0. The van der Waals surface area contributed by atoms with Crippen LogP contribution in [-0.2, 0) is 0 Å². The maximum absolute atomic E-state index is 4.68. The van der Waals surface area contributed by atoms with Crippen LogP contribution in [0.5, 0.6) is 0 Å². The molecular weight excluding hydrogens is 382 g/mol. The summed E-state index contributed by atoms with van der Waals surface area (Å²) in [5.74, 6) is 0.590. The average Bonchev–Trinajstić information content (AvgIpc) is 3.37. The first kappa shape index (κ1) is 18.6. The van der Waals surface area contributed by atoms with Crippen LogP contribution in [0, 0.1) is 0 Å². The van der Waals surface area contributed by atoms with Crippen molar-refractivity contribution in [3.05, 3.63) is 107 Å². The first-order chi connectivity index (χ1) is 15.3. The first-order valence-corrected chi connectivity index (χ1v) is 9.99. The third-order valence-corrected chi connectivity index (χ3v) is 4.96. The molecule has 2 aromatic heterocycles. The van der Waals surface area contributed by atoms with Gasteiger partial charge in [0.2, 0.25) is 5.82 Å². The summed E-state index contributed by atoms with van der Waals surface area (Å²) in [4.78, 5) is 4.68. The molecule has 5 aromatic rings. The van der Waals surface area contributed by atoms with Crippen molar-refractivity contribution in [3.63, 3.8) is 0 Å². The van der Waals surface area contributed by atoms with Crippen LogP contribution in [-0.4, -0.2) is 25.6 Å². The van der Waals surface area contributed by atoms with Crippen LogP contribution >= 0.6 is 0 Å². The molecule has 0 unspecified atom stereocenters. The third-order valence-electron chi connectivity index (χ3n) is 4.96. The van der Waals surface area contributed by atoms with Gasteiger partial charge in [0, 0.05) is 10.9 Å². The Bertz CT molecular complexity index is 1370. The van der Waals surface area contributed by atoms with Crippen molar-refractivity contribution in [2.45, 2.75) is 0 Å². The molecule has 0 bridgehead atoms. The van der Waals surface area contributed by atoms with Crippen molar-refractivity contribution in [2.24, 2.45) is 0 Å². The maximum atomic E-state index is 4.68. The normalized spacial score (nSPS) is 11.6. The van der Waals surface area contributed by atoms with Gasteiger partial charge in [-0.1, -0.05) is 85.0 Å². The van der Waals surface area contributed by atoms with Crippen LogP contribution in [0.4, 0.5) is 0 Å². The molecular formula is C26H19N5. The zero-order chi connectivity index (χ0) is 20.9. The highest BCUT2D eigenvalue weighted by molar-refractivity contribution is 5.81. The first-order valence-electron chi connectivity index (χ1n) is 9.99. The van der Waals surface area contributed by atoms with E-state index in [0.29, 0.717) is 5.82 Å². The molecule has 3 aromatic carbocycles. The van der Waals surface area contributed by atoms with Crippen molar-refractivity contribution >= 4 is 35.2 Å². The monoisotopic (exact) mass is 401 g/mol. The number of aromatic nitrogens is 5. The van der Waals surface area contributed by atoms with Crippen LogP contribution in [0.25, 0.3) is 46.6 Å². The summed E-state index contributed by atoms with van der Waals surface area (Å²) in [5, 5.41) is 15.3. The predicted octanol–water partition coefficient (Wildman–Crippen LogP) is 5.76. The van der Waals surface area contributed by atoms with Crippen molar-refractivity contribution < 1.29 is 0 Å². The lowest BCUT2D eigenvalue weighted by molar-refractivity contribution is 0.881. The van der Waals surface area contributed by atoms with Crippen molar-refractivity contribution in [3.8, 4) is 11.4 Å². The number of tetrazole rings is 1. The highest BCUT2D eigenvalue weighted by Crippen LogP contribution is 2.18. The molecule has 31 heavy (non-hydrogen) atoms. The van der Waals surface area contributed by atoms with Gasteiger partial charge in [0.05, 0.1) is 11.2 Å². The molecule has 148 valence electrons. The number of hydrogen-bond acceptors (Lipinski definition) is 4. The van der Waals surface area contributed by atoms with Crippen LogP contribution in [0.15, 0.2) is 84.9 Å². The molecule has 1 N–H and O–H groups in total. The fourth-order valence-corrected chi connectivity index (χ4v) is 3.33. The fourth-order valence-electron chi connectivity index (χ4n) is 3.33. The van der Waals surface area contributed by atoms with E-state index in [9.17, 15) is 0 Å². The number of hydrogen-bond donors (Lipinski definition) is 1. The van der Waals surface area contributed by atoms with Gasteiger partial charge in [-0.2, -0.15) is 5.21 Å². The molecule has 0 radical (unpaired) electrons. The summed E-state index contributed by atoms with van der Waals surface area (Å²) in [5.41, 5.74) is 6.22. The third kappa shape index (κ3) is 4.46. The van der Waals surface area contributed by atoms with Gasteiger partial charge >= 0.3 is 0 Å². The van der Waals surface area contributed by atoms with Gasteiger partial charge in [-0.25, -0.2) is 4.98 Å². The second-order valence-corrected chi connectivity index (χ2v) is 7.12. The van der Waals surface area contributed by atoms with E-state index in [0.717, 1.165) is 38.9 Å². The van der Waals surface area contributed by atoms with E-state index in [4.69, 9.17) is 0 Å². The van der Waals surface area contributed by atoms with E-state index in [1.807, 2.05) is 54.6 Å². The van der Waals surface area contributed by atoms with E-state index in [-0.39, 0.29) is 0 Å². The molecule has 0 saturated carbocycles. The van der Waals surface area contributed by atoms with E-state index in [1.54, 1.807) is 0 Å². The van der Waals surface area contributed by atoms with Crippen molar-refractivity contribution in [2.75, 3.05) is 0 Å². The van der Waals surface area contributed by atoms with Gasteiger partial charge in [-0.15, -0.1) is 10.2 Å². The van der Waals surface area contributed by atoms with Crippen molar-refractivity contribution in [1.29, 1.82) is 0 Å². The minimum atomic E-state index is 0.590. The largest absolute Gasteiger partial charge is 0.248 e. The summed E-state index contributed by atoms with van der Waals surface area (Å²) in [6, 6.07) is 28.7. The second-order valence-electron chi connectivity index (χ2n) is 7.12. The molecule has 0 spiro atoms. The number of aromatic amines is 1. The van der Waals surface area contributed by atoms with Gasteiger partial charge in [-0.05, 0) is 46.2 Å². The Morgan fingerprint density at radius 1 is 0.645 bits per heavy atom. The molecule has 0 atom stereocenters.